The van der Waals surface area contributed by atoms with Crippen LogP contribution >= 0.6 is 15.8 Å². The van der Waals surface area contributed by atoms with Crippen molar-refractivity contribution in [2.45, 2.75) is 88.1 Å². The lowest BCUT2D eigenvalue weighted by Gasteiger charge is -2.61. The van der Waals surface area contributed by atoms with E-state index in [-0.39, 0.29) is 11.1 Å². The van der Waals surface area contributed by atoms with E-state index < -0.39 is 15.8 Å². The average molecular weight is 1160 g/mol. The van der Waals surface area contributed by atoms with Gasteiger partial charge in [0, 0.05) is 45.5 Å². The largest absolute Gasteiger partial charge is 0.361 e. The van der Waals surface area contributed by atoms with Gasteiger partial charge in [0.25, 0.3) is 0 Å². The van der Waals surface area contributed by atoms with Crippen LogP contribution in [0.15, 0.2) is 267 Å². The molecule has 8 bridgehead atoms. The maximum absolute atomic E-state index is 2.94. The van der Waals surface area contributed by atoms with Crippen LogP contribution in [0.5, 0.6) is 0 Å². The van der Waals surface area contributed by atoms with Gasteiger partial charge in [-0.2, -0.15) is 0 Å². The van der Waals surface area contributed by atoms with E-state index in [1.54, 1.807) is 0 Å². The average Bonchev–Trinajstić information content (AvgIpc) is 1.02. The number of anilines is 2. The van der Waals surface area contributed by atoms with Crippen molar-refractivity contribution in [2.75, 3.05) is 22.9 Å². The summed E-state index contributed by atoms with van der Waals surface area (Å²) in [6, 6.07) is 94.9. The number of hydrogen-bond acceptors (Lipinski definition) is 2. The molecule has 0 spiro atoms. The maximum atomic E-state index is 2.94. The van der Waals surface area contributed by atoms with E-state index in [1.165, 1.54) is 153 Å². The number of nitrogens with zero attached hydrogens (tertiary/aromatic N) is 2. The minimum absolute atomic E-state index is 0.225. The summed E-state index contributed by atoms with van der Waals surface area (Å²) in [7, 11) is -1.48. The smallest absolute Gasteiger partial charge is 0.0538 e. The molecule has 8 fully saturated rings. The summed E-state index contributed by atoms with van der Waals surface area (Å²) in [6.07, 6.45) is 26.4. The normalized spacial score (nSPS) is 24.3. The van der Waals surface area contributed by atoms with Crippen LogP contribution in [0, 0.1) is 35.5 Å². The molecule has 0 radical (unpaired) electrons. The van der Waals surface area contributed by atoms with Crippen LogP contribution in [0.3, 0.4) is 0 Å². The van der Waals surface area contributed by atoms with Crippen molar-refractivity contribution >= 4 is 92.7 Å². The van der Waals surface area contributed by atoms with Gasteiger partial charge in [0.1, 0.15) is 0 Å². The fraction of sp³-hybridized carbons (Fsp3) is 0.268. The van der Waals surface area contributed by atoms with E-state index in [0.717, 1.165) is 48.6 Å². The van der Waals surface area contributed by atoms with Crippen molar-refractivity contribution in [1.82, 2.24) is 0 Å². The minimum Gasteiger partial charge on any atom is -0.361 e. The number of fused-ring (bicyclic) bond motifs is 2. The molecule has 86 heavy (non-hydrogen) atoms. The third-order valence-electron chi connectivity index (χ3n) is 20.8. The highest BCUT2D eigenvalue weighted by atomic mass is 31.1. The number of benzene rings is 10. The van der Waals surface area contributed by atoms with E-state index in [9.17, 15) is 0 Å². The molecule has 4 heteroatoms. The lowest BCUT2D eigenvalue weighted by molar-refractivity contribution is -0.00328. The summed E-state index contributed by atoms with van der Waals surface area (Å²) >= 11 is 0. The van der Waals surface area contributed by atoms with Gasteiger partial charge in [0.05, 0.1) is 11.4 Å². The minimum atomic E-state index is -0.738. The van der Waals surface area contributed by atoms with Crippen molar-refractivity contribution in [3.63, 3.8) is 0 Å². The Labute approximate surface area is 514 Å². The molecule has 0 atom stereocenters. The van der Waals surface area contributed by atoms with Crippen molar-refractivity contribution in [3.8, 4) is 0 Å². The highest BCUT2D eigenvalue weighted by Crippen LogP contribution is 2.61. The third kappa shape index (κ3) is 11.1. The van der Waals surface area contributed by atoms with E-state index in [1.807, 2.05) is 0 Å². The van der Waals surface area contributed by atoms with Crippen molar-refractivity contribution in [1.29, 1.82) is 0 Å². The molecule has 10 aromatic rings. The molecule has 0 heterocycles. The molecule has 0 amide bonds. The van der Waals surface area contributed by atoms with E-state index in [0.29, 0.717) is 0 Å². The summed E-state index contributed by atoms with van der Waals surface area (Å²) in [5.41, 5.74) is 5.98. The second-order valence-electron chi connectivity index (χ2n) is 26.5. The zero-order valence-electron chi connectivity index (χ0n) is 49.7. The molecule has 8 aliphatic carbocycles. The van der Waals surface area contributed by atoms with Gasteiger partial charge >= 0.3 is 0 Å². The Kier molecular flexibility index (Phi) is 15.7. The lowest BCUT2D eigenvalue weighted by Crippen LogP contribution is -2.61. The molecule has 0 aliphatic heterocycles. The van der Waals surface area contributed by atoms with Crippen LogP contribution in [-0.2, 0) is 0 Å². The van der Waals surface area contributed by atoms with E-state index in [4.69, 9.17) is 0 Å². The molecule has 428 valence electrons. The first kappa shape index (κ1) is 55.3. The monoisotopic (exact) mass is 1150 g/mol. The van der Waals surface area contributed by atoms with Gasteiger partial charge in [-0.25, -0.2) is 0 Å². The van der Waals surface area contributed by atoms with Crippen LogP contribution in [0.4, 0.5) is 11.4 Å². The quantitative estimate of drug-likeness (QED) is 0.0890. The molecule has 8 saturated carbocycles. The van der Waals surface area contributed by atoms with Gasteiger partial charge < -0.3 is 9.80 Å². The third-order valence-corrected chi connectivity index (χ3v) is 25.7. The SMILES string of the molecule is C(=C\c1ccccc1)/CN(c1c(P(c2ccccc2)c2ccccc2)ccc2ccccc12)C12CC3CC(CC(C3)C1)C2.C(=C\c1ccccc1)/CN(c1c(P(c2ccccc2)c2ccccc2)ccc2ccccc12)C12CC3CC(CC(C3)C1)C2. The molecule has 0 unspecified atom stereocenters. The molecule has 0 aromatic heterocycles. The second kappa shape index (κ2) is 24.4. The van der Waals surface area contributed by atoms with Crippen LogP contribution in [0.2, 0.25) is 0 Å². The Hall–Kier alpha value is -7.34. The van der Waals surface area contributed by atoms with Gasteiger partial charge in [0.2, 0.25) is 0 Å². The summed E-state index contributed by atoms with van der Waals surface area (Å²) < 4.78 is 0. The summed E-state index contributed by atoms with van der Waals surface area (Å²) in [4.78, 5) is 5.88. The van der Waals surface area contributed by atoms with Gasteiger partial charge in [-0.05, 0) is 172 Å². The van der Waals surface area contributed by atoms with Gasteiger partial charge in [0.15, 0.2) is 0 Å². The Balaban J connectivity index is 0.000000145. The van der Waals surface area contributed by atoms with E-state index in [2.05, 4.69) is 289 Å². The summed E-state index contributed by atoms with van der Waals surface area (Å²) in [6.45, 7) is 1.88. The van der Waals surface area contributed by atoms with Crippen LogP contribution in [0.25, 0.3) is 33.7 Å². The Morgan fingerprint density at radius 2 is 0.570 bits per heavy atom. The van der Waals surface area contributed by atoms with Gasteiger partial charge in [-0.3, -0.25) is 0 Å². The zero-order chi connectivity index (χ0) is 57.3. The molecule has 2 nitrogen and oxygen atoms in total. The molecular weight excluding hydrogens is 1070 g/mol. The zero-order valence-corrected chi connectivity index (χ0v) is 51.5. The second-order valence-corrected chi connectivity index (χ2v) is 30.8. The van der Waals surface area contributed by atoms with Crippen molar-refractivity contribution in [2.24, 2.45) is 35.5 Å². The first-order valence-corrected chi connectivity index (χ1v) is 35.0. The first-order valence-electron chi connectivity index (χ1n) is 32.3. The Morgan fingerprint density at radius 1 is 0.302 bits per heavy atom. The highest BCUT2D eigenvalue weighted by Gasteiger charge is 2.55. The highest BCUT2D eigenvalue weighted by molar-refractivity contribution is 7.80. The van der Waals surface area contributed by atoms with Crippen molar-refractivity contribution in [3.05, 3.63) is 278 Å². The predicted molar refractivity (Wildman–Crippen MR) is 373 cm³/mol. The topological polar surface area (TPSA) is 6.48 Å². The first-order chi connectivity index (χ1) is 42.5. The standard InChI is InChI=1S/2C41H40NP/c2*1-4-13-31(14-5-1)15-12-24-42(41-28-32-25-33(29-41)27-34(26-32)30-41)40-38-21-11-10-16-35(38)22-23-39(40)43(36-17-6-2-7-18-36)37-19-8-3-9-20-37/h2*1-23,32-34H,24-30H2/b2*15-12+. The maximum Gasteiger partial charge on any atom is 0.0538 e. The summed E-state index contributed by atoms with van der Waals surface area (Å²) in [5.74, 6) is 5.31. The Morgan fingerprint density at radius 3 is 0.872 bits per heavy atom. The molecule has 8 aliphatic rings. The molecule has 10 aromatic carbocycles. The predicted octanol–water partition coefficient (Wildman–Crippen LogP) is 18.2. The summed E-state index contributed by atoms with van der Waals surface area (Å²) in [5, 5.41) is 14.2. The van der Waals surface area contributed by atoms with Crippen molar-refractivity contribution < 1.29 is 0 Å². The van der Waals surface area contributed by atoms with E-state index >= 15 is 0 Å². The molecular formula is C82H80N2P2. The fourth-order valence-corrected chi connectivity index (χ4v) is 23.1. The molecule has 18 rings (SSSR count). The number of rotatable bonds is 16. The molecule has 0 N–H and O–H groups in total. The fourth-order valence-electron chi connectivity index (χ4n) is 18.1. The van der Waals surface area contributed by atoms with Crippen LogP contribution in [0.1, 0.15) is 88.2 Å². The van der Waals surface area contributed by atoms with Gasteiger partial charge in [-0.1, -0.05) is 279 Å². The van der Waals surface area contributed by atoms with Crippen LogP contribution < -0.4 is 41.6 Å². The molecule has 0 saturated heterocycles. The van der Waals surface area contributed by atoms with Gasteiger partial charge in [-0.15, -0.1) is 0 Å². The lowest BCUT2D eigenvalue weighted by atomic mass is 9.52. The van der Waals surface area contributed by atoms with Crippen LogP contribution in [-0.4, -0.2) is 24.2 Å². The number of hydrogen-bond donors (Lipinski definition) is 0. The Bertz CT molecular complexity index is 3560.